The minimum atomic E-state index is -4.62. The normalized spacial score (nSPS) is 11.4. The second-order valence-corrected chi connectivity index (χ2v) is 2.11. The molecule has 0 atom stereocenters. The average molecular weight is 194 g/mol. The van der Waals surface area contributed by atoms with Crippen LogP contribution in [0.1, 0.15) is 10.4 Å². The minimum Gasteiger partial charge on any atom is -0.290 e. The van der Waals surface area contributed by atoms with Crippen molar-refractivity contribution in [3.05, 3.63) is 18.0 Å². The smallest absolute Gasteiger partial charge is 0.290 e. The molecule has 0 aromatic carbocycles. The molecule has 5 nitrogen and oxygen atoms in total. The molecule has 0 aliphatic carbocycles. The standard InChI is InChI=1S/C5H5F3N4O/c6-5(7,8)12-2-3(1-10-12)4(13)11-9/h1-2H,9H2,(H,11,13). The monoisotopic (exact) mass is 194 g/mol. The molecule has 3 N–H and O–H groups in total. The van der Waals surface area contributed by atoms with E-state index in [0.29, 0.717) is 6.20 Å². The summed E-state index contributed by atoms with van der Waals surface area (Å²) in [7, 11) is 0. The van der Waals surface area contributed by atoms with Gasteiger partial charge in [0.2, 0.25) is 0 Å². The zero-order chi connectivity index (χ0) is 10.1. The second kappa shape index (κ2) is 3.05. The topological polar surface area (TPSA) is 72.9 Å². The van der Waals surface area contributed by atoms with Gasteiger partial charge in [-0.05, 0) is 0 Å². The van der Waals surface area contributed by atoms with E-state index in [4.69, 9.17) is 5.84 Å². The highest BCUT2D eigenvalue weighted by Crippen LogP contribution is 2.20. The van der Waals surface area contributed by atoms with Gasteiger partial charge in [-0.15, -0.1) is 13.2 Å². The first kappa shape index (κ1) is 9.52. The Kier molecular flexibility index (Phi) is 2.24. The molecule has 13 heavy (non-hydrogen) atoms. The van der Waals surface area contributed by atoms with Gasteiger partial charge in [0.25, 0.3) is 5.91 Å². The largest absolute Gasteiger partial charge is 0.504 e. The minimum absolute atomic E-state index is 0.250. The van der Waals surface area contributed by atoms with Crippen molar-refractivity contribution in [3.8, 4) is 0 Å². The second-order valence-electron chi connectivity index (χ2n) is 2.11. The van der Waals surface area contributed by atoms with Gasteiger partial charge in [-0.25, -0.2) is 5.84 Å². The fourth-order valence-electron chi connectivity index (χ4n) is 0.662. The molecule has 72 valence electrons. The van der Waals surface area contributed by atoms with E-state index in [1.807, 2.05) is 0 Å². The van der Waals surface area contributed by atoms with E-state index in [2.05, 4.69) is 5.10 Å². The summed E-state index contributed by atoms with van der Waals surface area (Å²) < 4.78 is 35.4. The van der Waals surface area contributed by atoms with Crippen molar-refractivity contribution in [2.75, 3.05) is 0 Å². The Labute approximate surface area is 70.3 Å². The zero-order valence-corrected chi connectivity index (χ0v) is 6.17. The lowest BCUT2D eigenvalue weighted by molar-refractivity contribution is -0.212. The zero-order valence-electron chi connectivity index (χ0n) is 6.17. The average Bonchev–Trinajstić information content (AvgIpc) is 2.50. The number of rotatable bonds is 1. The number of halogens is 3. The summed E-state index contributed by atoms with van der Waals surface area (Å²) in [6, 6.07) is 0. The first-order valence-corrected chi connectivity index (χ1v) is 3.08. The fraction of sp³-hybridized carbons (Fsp3) is 0.200. The molecule has 0 bridgehead atoms. The van der Waals surface area contributed by atoms with Crippen molar-refractivity contribution in [2.24, 2.45) is 5.84 Å². The van der Waals surface area contributed by atoms with E-state index >= 15 is 0 Å². The van der Waals surface area contributed by atoms with E-state index in [1.54, 1.807) is 5.43 Å². The number of nitrogens with zero attached hydrogens (tertiary/aromatic N) is 2. The Morgan fingerprint density at radius 3 is 2.62 bits per heavy atom. The molecule has 0 saturated heterocycles. The van der Waals surface area contributed by atoms with Crippen LogP contribution in [0.15, 0.2) is 12.4 Å². The van der Waals surface area contributed by atoms with Crippen molar-refractivity contribution >= 4 is 5.91 Å². The van der Waals surface area contributed by atoms with Gasteiger partial charge < -0.3 is 0 Å². The molecular formula is C5H5F3N4O. The van der Waals surface area contributed by atoms with Crippen molar-refractivity contribution in [1.29, 1.82) is 0 Å². The number of nitrogens with two attached hydrogens (primary N) is 1. The van der Waals surface area contributed by atoms with Gasteiger partial charge in [-0.1, -0.05) is 0 Å². The maximum Gasteiger partial charge on any atom is 0.504 e. The highest BCUT2D eigenvalue weighted by Gasteiger charge is 2.32. The number of nitrogen functional groups attached to an aromatic ring is 1. The number of hydrogen-bond acceptors (Lipinski definition) is 3. The Bertz CT molecular complexity index is 318. The first-order valence-electron chi connectivity index (χ1n) is 3.08. The predicted octanol–water partition coefficient (Wildman–Crippen LogP) is -0.0371. The number of aromatic nitrogens is 2. The van der Waals surface area contributed by atoms with Gasteiger partial charge in [0.15, 0.2) is 0 Å². The van der Waals surface area contributed by atoms with Gasteiger partial charge in [0, 0.05) is 6.20 Å². The SMILES string of the molecule is NNC(=O)c1cnn(C(F)(F)F)c1. The first-order chi connectivity index (χ1) is 5.95. The molecule has 1 aromatic rings. The third-order valence-electron chi connectivity index (χ3n) is 1.24. The molecule has 0 spiro atoms. The summed E-state index contributed by atoms with van der Waals surface area (Å²) in [5, 5.41) is 2.93. The number of nitrogens with one attached hydrogen (secondary N) is 1. The highest BCUT2D eigenvalue weighted by atomic mass is 19.4. The highest BCUT2D eigenvalue weighted by molar-refractivity contribution is 5.93. The van der Waals surface area contributed by atoms with Gasteiger partial charge in [-0.3, -0.25) is 10.2 Å². The van der Waals surface area contributed by atoms with E-state index in [-0.39, 0.29) is 10.2 Å². The van der Waals surface area contributed by atoms with E-state index in [9.17, 15) is 18.0 Å². The Morgan fingerprint density at radius 2 is 2.23 bits per heavy atom. The van der Waals surface area contributed by atoms with Crippen LogP contribution in [0.2, 0.25) is 0 Å². The third kappa shape index (κ3) is 1.96. The van der Waals surface area contributed by atoms with Gasteiger partial charge in [0.05, 0.1) is 11.8 Å². The van der Waals surface area contributed by atoms with Crippen LogP contribution in [0.5, 0.6) is 0 Å². The molecule has 0 saturated carbocycles. The van der Waals surface area contributed by atoms with Crippen molar-refractivity contribution < 1.29 is 18.0 Å². The molecular weight excluding hydrogens is 189 g/mol. The Balaban J connectivity index is 2.93. The lowest BCUT2D eigenvalue weighted by atomic mass is 10.3. The van der Waals surface area contributed by atoms with Crippen LogP contribution in [0, 0.1) is 0 Å². The molecule has 0 unspecified atom stereocenters. The third-order valence-corrected chi connectivity index (χ3v) is 1.24. The molecule has 1 aromatic heterocycles. The number of alkyl halides is 3. The van der Waals surface area contributed by atoms with Crippen LogP contribution in [0.25, 0.3) is 0 Å². The summed E-state index contributed by atoms with van der Waals surface area (Å²) >= 11 is 0. The number of carbonyl (C=O) groups excluding carboxylic acids is 1. The van der Waals surface area contributed by atoms with Crippen LogP contribution < -0.4 is 11.3 Å². The maximum atomic E-state index is 11.9. The van der Waals surface area contributed by atoms with Crippen molar-refractivity contribution in [1.82, 2.24) is 15.2 Å². The van der Waals surface area contributed by atoms with Gasteiger partial charge >= 0.3 is 6.30 Å². The van der Waals surface area contributed by atoms with Crippen LogP contribution in [0.4, 0.5) is 13.2 Å². The summed E-state index contributed by atoms with van der Waals surface area (Å²) in [6.45, 7) is 0. The predicted molar refractivity (Wildman–Crippen MR) is 35.2 cm³/mol. The van der Waals surface area contributed by atoms with Crippen molar-refractivity contribution in [3.63, 3.8) is 0 Å². The van der Waals surface area contributed by atoms with Crippen LogP contribution in [0.3, 0.4) is 0 Å². The van der Waals surface area contributed by atoms with Gasteiger partial charge in [0.1, 0.15) is 0 Å². The number of hydrazine groups is 1. The molecule has 8 heteroatoms. The quantitative estimate of drug-likeness (QED) is 0.374. The van der Waals surface area contributed by atoms with Gasteiger partial charge in [-0.2, -0.15) is 9.78 Å². The summed E-state index contributed by atoms with van der Waals surface area (Å²) in [6.07, 6.45) is -3.30. The maximum absolute atomic E-state index is 11.9. The van der Waals surface area contributed by atoms with Crippen LogP contribution in [-0.4, -0.2) is 15.7 Å². The summed E-state index contributed by atoms with van der Waals surface area (Å²) in [4.78, 5) is 10.7. The lowest BCUT2D eigenvalue weighted by Gasteiger charge is -2.03. The molecule has 0 fully saturated rings. The molecule has 1 heterocycles. The molecule has 0 radical (unpaired) electrons. The molecule has 1 rings (SSSR count). The van der Waals surface area contributed by atoms with Crippen molar-refractivity contribution in [2.45, 2.75) is 6.30 Å². The van der Waals surface area contributed by atoms with Crippen LogP contribution in [-0.2, 0) is 6.30 Å². The molecule has 0 aliphatic heterocycles. The number of hydrogen-bond donors (Lipinski definition) is 2. The summed E-state index contributed by atoms with van der Waals surface area (Å²) in [5.74, 6) is 3.88. The number of carbonyl (C=O) groups is 1. The van der Waals surface area contributed by atoms with E-state index in [1.165, 1.54) is 0 Å². The molecule has 1 amide bonds. The summed E-state index contributed by atoms with van der Waals surface area (Å²) in [5.41, 5.74) is 1.44. The fourth-order valence-corrected chi connectivity index (χ4v) is 0.662. The Morgan fingerprint density at radius 1 is 1.62 bits per heavy atom. The van der Waals surface area contributed by atoms with E-state index in [0.717, 1.165) is 6.20 Å². The van der Waals surface area contributed by atoms with E-state index < -0.39 is 12.2 Å². The van der Waals surface area contributed by atoms with Crippen LogP contribution >= 0.6 is 0 Å². The molecule has 0 aliphatic rings. The number of amides is 1. The lowest BCUT2D eigenvalue weighted by Crippen LogP contribution is -2.29. The Hall–Kier alpha value is -1.57.